The van der Waals surface area contributed by atoms with Gasteiger partial charge in [0.15, 0.2) is 0 Å². The van der Waals surface area contributed by atoms with E-state index >= 15 is 0 Å². The molecule has 0 fully saturated rings. The van der Waals surface area contributed by atoms with Crippen molar-refractivity contribution in [2.45, 2.75) is 20.8 Å². The molecule has 1 aliphatic rings. The summed E-state index contributed by atoms with van der Waals surface area (Å²) >= 11 is 3.50. The lowest BCUT2D eigenvalue weighted by Crippen LogP contribution is -2.22. The van der Waals surface area contributed by atoms with Gasteiger partial charge in [0.2, 0.25) is 0 Å². The van der Waals surface area contributed by atoms with Crippen LogP contribution in [0, 0.1) is 5.41 Å². The van der Waals surface area contributed by atoms with Gasteiger partial charge in [-0.15, -0.1) is 0 Å². The summed E-state index contributed by atoms with van der Waals surface area (Å²) in [6.45, 7) is 5.66. The van der Waals surface area contributed by atoms with E-state index in [1.807, 2.05) is 38.1 Å². The molecule has 0 aliphatic heterocycles. The Morgan fingerprint density at radius 3 is 2.74 bits per heavy atom. The highest BCUT2D eigenvalue weighted by atomic mass is 79.9. The molecule has 0 amide bonds. The predicted octanol–water partition coefficient (Wildman–Crippen LogP) is 4.88. The van der Waals surface area contributed by atoms with E-state index in [4.69, 9.17) is 0 Å². The minimum absolute atomic E-state index is 0.823. The van der Waals surface area contributed by atoms with E-state index in [0.29, 0.717) is 0 Å². The van der Waals surface area contributed by atoms with Crippen molar-refractivity contribution in [2.24, 2.45) is 5.41 Å². The van der Waals surface area contributed by atoms with Crippen molar-refractivity contribution in [2.75, 3.05) is 0 Å². The summed E-state index contributed by atoms with van der Waals surface area (Å²) in [5, 5.41) is 14.7. The molecule has 5 heteroatoms. The van der Waals surface area contributed by atoms with Gasteiger partial charge in [0.25, 0.3) is 0 Å². The molecular formula is C18H19BrN2O2. The van der Waals surface area contributed by atoms with E-state index in [0.717, 1.165) is 21.1 Å². The van der Waals surface area contributed by atoms with Crippen LogP contribution in [-0.4, -0.2) is 20.9 Å². The van der Waals surface area contributed by atoms with Gasteiger partial charge >= 0.3 is 5.97 Å². The Kier molecular flexibility index (Phi) is 5.21. The fourth-order valence-electron chi connectivity index (χ4n) is 2.22. The van der Waals surface area contributed by atoms with Crippen LogP contribution in [0.25, 0.3) is 16.6 Å². The molecule has 0 saturated heterocycles. The number of halogens is 1. The molecule has 4 nitrogen and oxygen atoms in total. The van der Waals surface area contributed by atoms with Crippen molar-refractivity contribution < 1.29 is 9.90 Å². The predicted molar refractivity (Wildman–Crippen MR) is 97.1 cm³/mol. The zero-order valence-corrected chi connectivity index (χ0v) is 14.9. The second kappa shape index (κ2) is 6.96. The number of nitrogens with zero attached hydrogens (tertiary/aromatic N) is 2. The Morgan fingerprint density at radius 1 is 1.30 bits per heavy atom. The molecular weight excluding hydrogens is 356 g/mol. The number of hydrogen-bond acceptors (Lipinski definition) is 2. The molecule has 0 spiro atoms. The molecule has 0 saturated carbocycles. The average molecular weight is 375 g/mol. The standard InChI is InChI=1S/C16H13BrN2O2.C2H6/c1-16(15(20)21)8-3-4-11(7-9-16)19-14-6-2-5-13(17)12(14)10-18-19;1-2/h2-10H,1H3,(H,20,21);1-2H3. The number of aliphatic carboxylic acids is 1. The smallest absolute Gasteiger partial charge is 0.317 e. The number of carbonyl (C=O) groups is 1. The minimum Gasteiger partial charge on any atom is -0.480 e. The van der Waals surface area contributed by atoms with E-state index in [1.54, 1.807) is 42.1 Å². The highest BCUT2D eigenvalue weighted by molar-refractivity contribution is 9.10. The molecule has 1 aromatic carbocycles. The van der Waals surface area contributed by atoms with Crippen LogP contribution in [0.15, 0.2) is 59.2 Å². The first-order valence-corrected chi connectivity index (χ1v) is 8.25. The third-order valence-electron chi connectivity index (χ3n) is 3.58. The van der Waals surface area contributed by atoms with Gasteiger partial charge in [-0.25, -0.2) is 4.68 Å². The van der Waals surface area contributed by atoms with Gasteiger partial charge < -0.3 is 5.11 Å². The monoisotopic (exact) mass is 374 g/mol. The SMILES string of the molecule is CC.CC1(C(=O)O)C=CC=C(n2ncc3c(Br)cccc32)C=C1. The highest BCUT2D eigenvalue weighted by Gasteiger charge is 2.27. The summed E-state index contributed by atoms with van der Waals surface area (Å²) in [7, 11) is 0. The molecule has 2 aromatic rings. The molecule has 1 aromatic heterocycles. The molecule has 1 heterocycles. The minimum atomic E-state index is -0.998. The van der Waals surface area contributed by atoms with Gasteiger partial charge in [0.05, 0.1) is 17.4 Å². The van der Waals surface area contributed by atoms with Crippen LogP contribution < -0.4 is 0 Å². The fourth-order valence-corrected chi connectivity index (χ4v) is 2.68. The first-order valence-electron chi connectivity index (χ1n) is 7.46. The fraction of sp³-hybridized carbons (Fsp3) is 0.222. The zero-order valence-electron chi connectivity index (χ0n) is 13.3. The van der Waals surface area contributed by atoms with Gasteiger partial charge in [-0.3, -0.25) is 4.79 Å². The molecule has 1 atom stereocenters. The van der Waals surface area contributed by atoms with E-state index in [9.17, 15) is 9.90 Å². The number of hydrogen-bond donors (Lipinski definition) is 1. The summed E-state index contributed by atoms with van der Waals surface area (Å²) in [6, 6.07) is 5.89. The number of carboxylic acids is 1. The van der Waals surface area contributed by atoms with Crippen molar-refractivity contribution >= 4 is 38.5 Å². The van der Waals surface area contributed by atoms with Gasteiger partial charge in [-0.1, -0.05) is 54.1 Å². The Labute approximate surface area is 143 Å². The van der Waals surface area contributed by atoms with Crippen LogP contribution in [-0.2, 0) is 4.79 Å². The Hall–Kier alpha value is -2.14. The highest BCUT2D eigenvalue weighted by Crippen LogP contribution is 2.29. The van der Waals surface area contributed by atoms with E-state index in [1.165, 1.54) is 0 Å². The van der Waals surface area contributed by atoms with Crippen LogP contribution in [0.4, 0.5) is 0 Å². The Morgan fingerprint density at radius 2 is 2.04 bits per heavy atom. The number of benzene rings is 1. The lowest BCUT2D eigenvalue weighted by atomic mass is 9.90. The largest absolute Gasteiger partial charge is 0.480 e. The van der Waals surface area contributed by atoms with Crippen molar-refractivity contribution in [1.82, 2.24) is 9.78 Å². The number of rotatable bonds is 2. The van der Waals surface area contributed by atoms with Crippen molar-refractivity contribution in [3.8, 4) is 0 Å². The number of carboxylic acid groups (broad SMARTS) is 1. The molecule has 1 N–H and O–H groups in total. The maximum Gasteiger partial charge on any atom is 0.317 e. The van der Waals surface area contributed by atoms with Gasteiger partial charge in [-0.2, -0.15) is 5.10 Å². The van der Waals surface area contributed by atoms with E-state index in [-0.39, 0.29) is 0 Å². The topological polar surface area (TPSA) is 55.1 Å². The summed E-state index contributed by atoms with van der Waals surface area (Å²) < 4.78 is 2.78. The van der Waals surface area contributed by atoms with Crippen LogP contribution in [0.2, 0.25) is 0 Å². The maximum absolute atomic E-state index is 11.3. The number of aromatic nitrogens is 2. The Balaban J connectivity index is 0.000000924. The average Bonchev–Trinajstić information content (AvgIpc) is 2.88. The van der Waals surface area contributed by atoms with Crippen LogP contribution >= 0.6 is 15.9 Å². The lowest BCUT2D eigenvalue weighted by molar-refractivity contribution is -0.142. The van der Waals surface area contributed by atoms with Crippen molar-refractivity contribution in [3.05, 3.63) is 59.2 Å². The summed E-state index contributed by atoms with van der Waals surface area (Å²) in [4.78, 5) is 11.3. The van der Waals surface area contributed by atoms with Gasteiger partial charge in [-0.05, 0) is 31.2 Å². The summed E-state index contributed by atoms with van der Waals surface area (Å²) in [5.74, 6) is -0.877. The summed E-state index contributed by atoms with van der Waals surface area (Å²) in [5.41, 5.74) is 0.791. The van der Waals surface area contributed by atoms with E-state index in [2.05, 4.69) is 21.0 Å². The second-order valence-corrected chi connectivity index (χ2v) is 5.96. The second-order valence-electron chi connectivity index (χ2n) is 5.10. The van der Waals surface area contributed by atoms with Gasteiger partial charge in [0, 0.05) is 9.86 Å². The molecule has 120 valence electrons. The molecule has 1 aliphatic carbocycles. The van der Waals surface area contributed by atoms with Gasteiger partial charge in [0.1, 0.15) is 5.41 Å². The van der Waals surface area contributed by atoms with Crippen LogP contribution in [0.1, 0.15) is 20.8 Å². The van der Waals surface area contributed by atoms with Crippen LogP contribution in [0.5, 0.6) is 0 Å². The zero-order chi connectivity index (χ0) is 17.0. The van der Waals surface area contributed by atoms with Crippen molar-refractivity contribution in [1.29, 1.82) is 0 Å². The third-order valence-corrected chi connectivity index (χ3v) is 4.27. The van der Waals surface area contributed by atoms with Crippen molar-refractivity contribution in [3.63, 3.8) is 0 Å². The Bertz CT molecular complexity index is 818. The lowest BCUT2D eigenvalue weighted by Gasteiger charge is -2.14. The normalized spacial score (nSPS) is 19.7. The third kappa shape index (κ3) is 3.29. The van der Waals surface area contributed by atoms with Crippen LogP contribution in [0.3, 0.4) is 0 Å². The molecule has 0 bridgehead atoms. The number of fused-ring (bicyclic) bond motifs is 1. The quantitative estimate of drug-likeness (QED) is 0.814. The molecule has 3 rings (SSSR count). The van der Waals surface area contributed by atoms with E-state index < -0.39 is 11.4 Å². The maximum atomic E-state index is 11.3. The number of allylic oxidation sites excluding steroid dienone is 4. The summed E-state index contributed by atoms with van der Waals surface area (Å²) in [6.07, 6.45) is 10.5. The molecule has 0 radical (unpaired) electrons. The first-order chi connectivity index (χ1) is 11.0. The first kappa shape index (κ1) is 17.2. The molecule has 1 unspecified atom stereocenters. The molecule has 23 heavy (non-hydrogen) atoms.